The highest BCUT2D eigenvalue weighted by Crippen LogP contribution is 2.22. The van der Waals surface area contributed by atoms with Gasteiger partial charge in [0.1, 0.15) is 0 Å². The van der Waals surface area contributed by atoms with E-state index in [1.54, 1.807) is 4.90 Å². The van der Waals surface area contributed by atoms with Crippen molar-refractivity contribution in [3.8, 4) is 0 Å². The first-order valence-electron chi connectivity index (χ1n) is 6.52. The van der Waals surface area contributed by atoms with Crippen LogP contribution in [-0.2, 0) is 0 Å². The maximum Gasteiger partial charge on any atom is 0.321 e. The number of nitrogens with one attached hydrogen (secondary N) is 2. The molecule has 19 heavy (non-hydrogen) atoms. The first-order chi connectivity index (χ1) is 9.02. The Balaban J connectivity index is 2.05. The number of carbonyl (C=O) groups is 1. The summed E-state index contributed by atoms with van der Waals surface area (Å²) < 4.78 is 0. The van der Waals surface area contributed by atoms with Crippen LogP contribution in [0.4, 0.5) is 16.2 Å². The van der Waals surface area contributed by atoms with E-state index >= 15 is 0 Å². The van der Waals surface area contributed by atoms with Crippen LogP contribution < -0.4 is 15.5 Å². The van der Waals surface area contributed by atoms with Crippen molar-refractivity contribution in [3.05, 3.63) is 24.3 Å². The van der Waals surface area contributed by atoms with Crippen molar-refractivity contribution in [2.45, 2.75) is 13.8 Å². The van der Waals surface area contributed by atoms with Gasteiger partial charge >= 0.3 is 6.03 Å². The number of nitrogens with zero attached hydrogens (tertiary/aromatic N) is 1. The maximum atomic E-state index is 11.6. The molecule has 1 heterocycles. The summed E-state index contributed by atoms with van der Waals surface area (Å²) in [7, 11) is 0. The number of rotatable bonds is 5. The zero-order chi connectivity index (χ0) is 13.9. The second-order valence-corrected chi connectivity index (χ2v) is 5.61. The number of benzene rings is 1. The fourth-order valence-corrected chi connectivity index (χ4v) is 1.90. The van der Waals surface area contributed by atoms with E-state index in [1.165, 1.54) is 0 Å². The van der Waals surface area contributed by atoms with E-state index in [9.17, 15) is 9.90 Å². The molecule has 5 nitrogen and oxygen atoms in total. The van der Waals surface area contributed by atoms with Gasteiger partial charge in [0.15, 0.2) is 0 Å². The van der Waals surface area contributed by atoms with Crippen molar-refractivity contribution in [2.24, 2.45) is 5.41 Å². The van der Waals surface area contributed by atoms with Gasteiger partial charge in [-0.05, 0) is 18.2 Å². The SMILES string of the molecule is CC(C)(CO)CNc1cccc(N2CCNC2=O)c1. The highest BCUT2D eigenvalue weighted by molar-refractivity contribution is 5.94. The molecule has 2 rings (SSSR count). The number of urea groups is 1. The lowest BCUT2D eigenvalue weighted by molar-refractivity contribution is 0.171. The number of anilines is 2. The smallest absolute Gasteiger partial charge is 0.321 e. The number of carbonyl (C=O) groups excluding carboxylic acids is 1. The number of amides is 2. The Labute approximate surface area is 113 Å². The van der Waals surface area contributed by atoms with Crippen molar-refractivity contribution in [1.82, 2.24) is 5.32 Å². The van der Waals surface area contributed by atoms with Crippen LogP contribution in [0.2, 0.25) is 0 Å². The molecule has 104 valence electrons. The van der Waals surface area contributed by atoms with E-state index in [4.69, 9.17) is 0 Å². The van der Waals surface area contributed by atoms with Crippen molar-refractivity contribution in [1.29, 1.82) is 0 Å². The van der Waals surface area contributed by atoms with Crippen LogP contribution in [0.1, 0.15) is 13.8 Å². The molecule has 3 N–H and O–H groups in total. The quantitative estimate of drug-likeness (QED) is 0.757. The van der Waals surface area contributed by atoms with Gasteiger partial charge in [0.2, 0.25) is 0 Å². The van der Waals surface area contributed by atoms with Crippen molar-refractivity contribution < 1.29 is 9.90 Å². The normalized spacial score (nSPS) is 15.5. The average molecular weight is 263 g/mol. The van der Waals surface area contributed by atoms with Crippen molar-refractivity contribution >= 4 is 17.4 Å². The zero-order valence-corrected chi connectivity index (χ0v) is 11.4. The first-order valence-corrected chi connectivity index (χ1v) is 6.52. The lowest BCUT2D eigenvalue weighted by Gasteiger charge is -2.23. The predicted molar refractivity (Wildman–Crippen MR) is 76.5 cm³/mol. The van der Waals surface area contributed by atoms with Gasteiger partial charge in [-0.3, -0.25) is 4.90 Å². The van der Waals surface area contributed by atoms with Gasteiger partial charge in [-0.1, -0.05) is 19.9 Å². The molecule has 1 aromatic carbocycles. The minimum Gasteiger partial charge on any atom is -0.396 e. The highest BCUT2D eigenvalue weighted by Gasteiger charge is 2.21. The Morgan fingerprint density at radius 2 is 2.26 bits per heavy atom. The average Bonchev–Trinajstić information content (AvgIpc) is 2.83. The summed E-state index contributed by atoms with van der Waals surface area (Å²) in [5.74, 6) is 0. The fourth-order valence-electron chi connectivity index (χ4n) is 1.90. The Morgan fingerprint density at radius 1 is 1.47 bits per heavy atom. The molecule has 1 aliphatic heterocycles. The van der Waals surface area contributed by atoms with E-state index in [1.807, 2.05) is 38.1 Å². The third kappa shape index (κ3) is 3.38. The van der Waals surface area contributed by atoms with E-state index in [-0.39, 0.29) is 18.1 Å². The molecule has 1 aromatic rings. The molecular formula is C14H21N3O2. The fraction of sp³-hybridized carbons (Fsp3) is 0.500. The predicted octanol–water partition coefficient (Wildman–Crippen LogP) is 1.65. The van der Waals surface area contributed by atoms with Gasteiger partial charge in [-0.15, -0.1) is 0 Å². The number of aliphatic hydroxyl groups is 1. The molecule has 0 atom stereocenters. The summed E-state index contributed by atoms with van der Waals surface area (Å²) in [5, 5.41) is 15.3. The minimum atomic E-state index is -0.166. The van der Waals surface area contributed by atoms with Crippen molar-refractivity contribution in [2.75, 3.05) is 36.5 Å². The van der Waals surface area contributed by atoms with Crippen molar-refractivity contribution in [3.63, 3.8) is 0 Å². The topological polar surface area (TPSA) is 64.6 Å². The van der Waals surface area contributed by atoms with Gasteiger partial charge in [0.05, 0.1) is 0 Å². The van der Waals surface area contributed by atoms with E-state index in [0.29, 0.717) is 19.6 Å². The molecule has 0 bridgehead atoms. The Kier molecular flexibility index (Phi) is 3.95. The molecule has 0 unspecified atom stereocenters. The Morgan fingerprint density at radius 3 is 2.89 bits per heavy atom. The van der Waals surface area contributed by atoms with Crippen LogP contribution in [-0.4, -0.2) is 37.4 Å². The van der Waals surface area contributed by atoms with Crippen LogP contribution in [0, 0.1) is 5.41 Å². The Bertz CT molecular complexity index is 460. The molecule has 1 aliphatic rings. The summed E-state index contributed by atoms with van der Waals surface area (Å²) in [6, 6.07) is 7.72. The van der Waals surface area contributed by atoms with Crippen LogP contribution >= 0.6 is 0 Å². The van der Waals surface area contributed by atoms with Crippen LogP contribution in [0.25, 0.3) is 0 Å². The number of aliphatic hydroxyl groups excluding tert-OH is 1. The summed E-state index contributed by atoms with van der Waals surface area (Å²) in [6.07, 6.45) is 0. The first kappa shape index (κ1) is 13.7. The van der Waals surface area contributed by atoms with E-state index < -0.39 is 0 Å². The summed E-state index contributed by atoms with van der Waals surface area (Å²) in [6.45, 7) is 6.20. The Hall–Kier alpha value is -1.75. The third-order valence-electron chi connectivity index (χ3n) is 3.21. The van der Waals surface area contributed by atoms with E-state index in [0.717, 1.165) is 11.4 Å². The molecule has 2 amide bonds. The minimum absolute atomic E-state index is 0.0483. The second-order valence-electron chi connectivity index (χ2n) is 5.61. The lowest BCUT2D eigenvalue weighted by atomic mass is 9.95. The van der Waals surface area contributed by atoms with E-state index in [2.05, 4.69) is 10.6 Å². The molecule has 5 heteroatoms. The molecule has 1 fully saturated rings. The third-order valence-corrected chi connectivity index (χ3v) is 3.21. The molecule has 0 spiro atoms. The van der Waals surface area contributed by atoms with Crippen LogP contribution in [0.5, 0.6) is 0 Å². The molecule has 0 saturated carbocycles. The standard InChI is InChI=1S/C14H21N3O2/c1-14(2,10-18)9-16-11-4-3-5-12(8-11)17-7-6-15-13(17)19/h3-5,8,16,18H,6-7,9-10H2,1-2H3,(H,15,19). The number of hydrogen-bond donors (Lipinski definition) is 3. The lowest BCUT2D eigenvalue weighted by Crippen LogP contribution is -2.28. The van der Waals surface area contributed by atoms with Gasteiger partial charge < -0.3 is 15.7 Å². The summed E-state index contributed by atoms with van der Waals surface area (Å²) in [4.78, 5) is 13.3. The highest BCUT2D eigenvalue weighted by atomic mass is 16.3. The van der Waals surface area contributed by atoms with Crippen LogP contribution in [0.3, 0.4) is 0 Å². The molecular weight excluding hydrogens is 242 g/mol. The zero-order valence-electron chi connectivity index (χ0n) is 11.4. The molecule has 1 saturated heterocycles. The summed E-state index contributed by atoms with van der Waals surface area (Å²) >= 11 is 0. The largest absolute Gasteiger partial charge is 0.396 e. The van der Waals surface area contributed by atoms with Crippen LogP contribution in [0.15, 0.2) is 24.3 Å². The second kappa shape index (κ2) is 5.48. The molecule has 0 aliphatic carbocycles. The molecule has 0 radical (unpaired) electrons. The monoisotopic (exact) mass is 263 g/mol. The van der Waals surface area contributed by atoms with Gasteiger partial charge in [-0.2, -0.15) is 0 Å². The van der Waals surface area contributed by atoms with Gasteiger partial charge in [0.25, 0.3) is 0 Å². The van der Waals surface area contributed by atoms with Gasteiger partial charge in [0, 0.05) is 43.0 Å². The molecule has 0 aromatic heterocycles. The van der Waals surface area contributed by atoms with Gasteiger partial charge in [-0.25, -0.2) is 4.79 Å². The summed E-state index contributed by atoms with van der Waals surface area (Å²) in [5.41, 5.74) is 1.68. The number of hydrogen-bond acceptors (Lipinski definition) is 3. The maximum absolute atomic E-state index is 11.6.